The van der Waals surface area contributed by atoms with Gasteiger partial charge >= 0.3 is 0 Å². The van der Waals surface area contributed by atoms with Crippen molar-refractivity contribution in [2.24, 2.45) is 0 Å². The van der Waals surface area contributed by atoms with Crippen molar-refractivity contribution in [3.8, 4) is 11.5 Å². The fraction of sp³-hybridized carbons (Fsp3) is 0.136. The van der Waals surface area contributed by atoms with Gasteiger partial charge in [-0.25, -0.2) is 4.98 Å². The van der Waals surface area contributed by atoms with E-state index < -0.39 is 0 Å². The van der Waals surface area contributed by atoms with Crippen molar-refractivity contribution in [2.75, 3.05) is 5.32 Å². The highest BCUT2D eigenvalue weighted by Crippen LogP contribution is 2.29. The van der Waals surface area contributed by atoms with Gasteiger partial charge in [0.1, 0.15) is 17.1 Å². The first-order valence-corrected chi connectivity index (χ1v) is 10.1. The van der Waals surface area contributed by atoms with Crippen molar-refractivity contribution < 1.29 is 9.53 Å². The summed E-state index contributed by atoms with van der Waals surface area (Å²) < 4.78 is 7.19. The first-order valence-electron chi connectivity index (χ1n) is 9.23. The SMILES string of the molecule is CCc1cc2c(=O)n(CC(=O)Nc3ccccc3Oc3ccccc3)cnc2s1. The Bertz CT molecular complexity index is 1210. The number of ether oxygens (including phenoxy) is 1. The van der Waals surface area contributed by atoms with E-state index in [0.29, 0.717) is 27.4 Å². The Morgan fingerprint density at radius 2 is 1.90 bits per heavy atom. The van der Waals surface area contributed by atoms with Crippen LogP contribution in [-0.2, 0) is 17.8 Å². The molecule has 0 bridgehead atoms. The number of nitrogens with one attached hydrogen (secondary N) is 1. The van der Waals surface area contributed by atoms with E-state index in [2.05, 4.69) is 10.3 Å². The predicted octanol–water partition coefficient (Wildman–Crippen LogP) is 4.45. The van der Waals surface area contributed by atoms with Crippen molar-refractivity contribution in [1.82, 2.24) is 9.55 Å². The number of hydrogen-bond donors (Lipinski definition) is 1. The molecule has 0 saturated carbocycles. The molecule has 146 valence electrons. The molecule has 6 nitrogen and oxygen atoms in total. The van der Waals surface area contributed by atoms with Crippen molar-refractivity contribution in [1.29, 1.82) is 0 Å². The molecular formula is C22H19N3O3S. The Hall–Kier alpha value is -3.45. The molecule has 1 amide bonds. The molecule has 2 aromatic heterocycles. The highest BCUT2D eigenvalue weighted by molar-refractivity contribution is 7.18. The summed E-state index contributed by atoms with van der Waals surface area (Å²) in [6.45, 7) is 1.91. The van der Waals surface area contributed by atoms with E-state index in [1.54, 1.807) is 12.1 Å². The van der Waals surface area contributed by atoms with E-state index in [-0.39, 0.29) is 18.0 Å². The van der Waals surface area contributed by atoms with Gasteiger partial charge in [-0.05, 0) is 36.8 Å². The fourth-order valence-corrected chi connectivity index (χ4v) is 3.84. The number of hydrogen-bond acceptors (Lipinski definition) is 5. The summed E-state index contributed by atoms with van der Waals surface area (Å²) in [5.41, 5.74) is 0.321. The van der Waals surface area contributed by atoms with E-state index in [0.717, 1.165) is 11.3 Å². The molecule has 2 heterocycles. The van der Waals surface area contributed by atoms with Gasteiger partial charge in [0, 0.05) is 4.88 Å². The van der Waals surface area contributed by atoms with Crippen LogP contribution in [0.25, 0.3) is 10.2 Å². The lowest BCUT2D eigenvalue weighted by Crippen LogP contribution is -2.27. The number of fused-ring (bicyclic) bond motifs is 1. The highest BCUT2D eigenvalue weighted by Gasteiger charge is 2.13. The zero-order valence-corrected chi connectivity index (χ0v) is 16.6. The molecule has 0 atom stereocenters. The van der Waals surface area contributed by atoms with Crippen LogP contribution in [0.5, 0.6) is 11.5 Å². The molecule has 4 rings (SSSR count). The van der Waals surface area contributed by atoms with Crippen LogP contribution in [0.2, 0.25) is 0 Å². The van der Waals surface area contributed by atoms with Gasteiger partial charge in [0.05, 0.1) is 17.4 Å². The minimum Gasteiger partial charge on any atom is -0.455 e. The van der Waals surface area contributed by atoms with Crippen molar-refractivity contribution in [2.45, 2.75) is 19.9 Å². The Kier molecular flexibility index (Phi) is 5.39. The van der Waals surface area contributed by atoms with Crippen LogP contribution in [0.15, 0.2) is 71.8 Å². The van der Waals surface area contributed by atoms with E-state index in [4.69, 9.17) is 4.74 Å². The lowest BCUT2D eigenvalue weighted by atomic mass is 10.2. The summed E-state index contributed by atoms with van der Waals surface area (Å²) in [5, 5.41) is 3.37. The zero-order valence-electron chi connectivity index (χ0n) is 15.8. The van der Waals surface area contributed by atoms with Crippen LogP contribution in [0.4, 0.5) is 5.69 Å². The number of carbonyl (C=O) groups excluding carboxylic acids is 1. The number of benzene rings is 2. The van der Waals surface area contributed by atoms with E-state index >= 15 is 0 Å². The number of thiophene rings is 1. The monoisotopic (exact) mass is 405 g/mol. The summed E-state index contributed by atoms with van der Waals surface area (Å²) in [7, 11) is 0. The number of para-hydroxylation sites is 3. The van der Waals surface area contributed by atoms with E-state index in [1.165, 1.54) is 22.2 Å². The number of anilines is 1. The molecule has 0 unspecified atom stereocenters. The summed E-state index contributed by atoms with van der Waals surface area (Å²) in [6, 6.07) is 18.4. The quantitative estimate of drug-likeness (QED) is 0.514. The molecule has 2 aromatic carbocycles. The largest absolute Gasteiger partial charge is 0.455 e. The van der Waals surface area contributed by atoms with Crippen LogP contribution in [0.3, 0.4) is 0 Å². The summed E-state index contributed by atoms with van der Waals surface area (Å²) in [6.07, 6.45) is 2.27. The molecule has 0 saturated heterocycles. The molecule has 0 aliphatic rings. The topological polar surface area (TPSA) is 73.2 Å². The van der Waals surface area contributed by atoms with Gasteiger partial charge in [0.25, 0.3) is 5.56 Å². The molecule has 4 aromatic rings. The third-order valence-corrected chi connectivity index (χ3v) is 5.55. The minimum absolute atomic E-state index is 0.126. The van der Waals surface area contributed by atoms with Gasteiger partial charge in [0.15, 0.2) is 5.75 Å². The number of rotatable bonds is 6. The molecule has 0 aliphatic carbocycles. The predicted molar refractivity (Wildman–Crippen MR) is 115 cm³/mol. The van der Waals surface area contributed by atoms with Gasteiger partial charge in [-0.2, -0.15) is 0 Å². The third-order valence-electron chi connectivity index (χ3n) is 4.36. The van der Waals surface area contributed by atoms with Gasteiger partial charge in [-0.15, -0.1) is 11.3 Å². The number of carbonyl (C=O) groups is 1. The Labute approximate surface area is 171 Å². The second kappa shape index (κ2) is 8.28. The first kappa shape index (κ1) is 18.9. The maximum Gasteiger partial charge on any atom is 0.262 e. The van der Waals surface area contributed by atoms with Gasteiger partial charge < -0.3 is 10.1 Å². The van der Waals surface area contributed by atoms with Gasteiger partial charge in [0.2, 0.25) is 5.91 Å². The third kappa shape index (κ3) is 4.20. The van der Waals surface area contributed by atoms with Gasteiger partial charge in [-0.3, -0.25) is 14.2 Å². The minimum atomic E-state index is -0.330. The summed E-state index contributed by atoms with van der Waals surface area (Å²) in [4.78, 5) is 31.4. The maximum atomic E-state index is 12.7. The van der Waals surface area contributed by atoms with E-state index in [9.17, 15) is 9.59 Å². The van der Waals surface area contributed by atoms with Gasteiger partial charge in [-0.1, -0.05) is 37.3 Å². The number of aryl methyl sites for hydroxylation is 1. The molecule has 0 aliphatic heterocycles. The van der Waals surface area contributed by atoms with Crippen LogP contribution in [-0.4, -0.2) is 15.5 Å². The Morgan fingerprint density at radius 3 is 2.69 bits per heavy atom. The standard InChI is InChI=1S/C22H19N3O3S/c1-2-16-12-17-21(29-16)23-14-25(22(17)27)13-20(26)24-18-10-6-7-11-19(18)28-15-8-4-3-5-9-15/h3-12,14H,2,13H2,1H3,(H,24,26). The average Bonchev–Trinajstić information content (AvgIpc) is 3.17. The van der Waals surface area contributed by atoms with Crippen molar-refractivity contribution in [3.63, 3.8) is 0 Å². The van der Waals surface area contributed by atoms with Crippen molar-refractivity contribution in [3.05, 3.63) is 82.2 Å². The summed E-state index contributed by atoms with van der Waals surface area (Å²) in [5.74, 6) is 0.867. The maximum absolute atomic E-state index is 12.7. The average molecular weight is 405 g/mol. The van der Waals surface area contributed by atoms with Crippen LogP contribution in [0.1, 0.15) is 11.8 Å². The Morgan fingerprint density at radius 1 is 1.14 bits per heavy atom. The van der Waals surface area contributed by atoms with Crippen molar-refractivity contribution >= 4 is 33.1 Å². The first-order chi connectivity index (χ1) is 14.1. The lowest BCUT2D eigenvalue weighted by Gasteiger charge is -2.12. The normalized spacial score (nSPS) is 10.8. The number of aromatic nitrogens is 2. The van der Waals surface area contributed by atoms with Crippen LogP contribution >= 0.6 is 11.3 Å². The number of amides is 1. The zero-order chi connectivity index (χ0) is 20.2. The van der Waals surface area contributed by atoms with E-state index in [1.807, 2.05) is 55.5 Å². The Balaban J connectivity index is 1.53. The second-order valence-corrected chi connectivity index (χ2v) is 7.54. The number of nitrogens with zero attached hydrogens (tertiary/aromatic N) is 2. The molecular weight excluding hydrogens is 386 g/mol. The second-order valence-electron chi connectivity index (χ2n) is 6.42. The highest BCUT2D eigenvalue weighted by atomic mass is 32.1. The fourth-order valence-electron chi connectivity index (χ4n) is 2.92. The molecule has 0 fully saturated rings. The molecule has 0 spiro atoms. The molecule has 0 radical (unpaired) electrons. The molecule has 7 heteroatoms. The molecule has 1 N–H and O–H groups in total. The lowest BCUT2D eigenvalue weighted by molar-refractivity contribution is -0.116. The van der Waals surface area contributed by atoms with Crippen LogP contribution < -0.4 is 15.6 Å². The van der Waals surface area contributed by atoms with Crippen LogP contribution in [0, 0.1) is 0 Å². The molecule has 29 heavy (non-hydrogen) atoms. The summed E-state index contributed by atoms with van der Waals surface area (Å²) >= 11 is 1.50. The smallest absolute Gasteiger partial charge is 0.262 e.